The number of ether oxygens (including phenoxy) is 3. The first-order valence-corrected chi connectivity index (χ1v) is 6.81. The first-order chi connectivity index (χ1) is 11.1. The maximum Gasteiger partial charge on any atom is 0.354 e. The molecule has 0 heterocycles. The molecule has 0 aliphatic rings. The van der Waals surface area contributed by atoms with Gasteiger partial charge in [-0.1, -0.05) is 24.3 Å². The molecule has 0 aliphatic carbocycles. The number of methoxy groups -OCH3 is 3. The average Bonchev–Trinajstić information content (AvgIpc) is 2.60. The number of fused-ring (bicyclic) bond motifs is 1. The Hall–Kier alpha value is -3.02. The Kier molecular flexibility index (Phi) is 5.19. The lowest BCUT2D eigenvalue weighted by molar-refractivity contribution is -0.138. The van der Waals surface area contributed by atoms with E-state index in [4.69, 9.17) is 4.74 Å². The van der Waals surface area contributed by atoms with Gasteiger partial charge in [0, 0.05) is 16.5 Å². The standard InChI is InChI=1S/C17H17NO5/c1-21-15-9-8-13(11-6-4-5-7-12(11)15)18-14(17(20)23-3)10-16(19)22-2/h4-10,18H,1-3H3/b14-10+. The molecule has 2 aromatic carbocycles. The van der Waals surface area contributed by atoms with Crippen molar-refractivity contribution >= 4 is 28.4 Å². The molecule has 23 heavy (non-hydrogen) atoms. The van der Waals surface area contributed by atoms with E-state index in [-0.39, 0.29) is 5.70 Å². The van der Waals surface area contributed by atoms with Gasteiger partial charge in [-0.05, 0) is 12.1 Å². The molecule has 0 aliphatic heterocycles. The summed E-state index contributed by atoms with van der Waals surface area (Å²) in [6.45, 7) is 0. The Morgan fingerprint density at radius 1 is 0.957 bits per heavy atom. The molecule has 6 nitrogen and oxygen atoms in total. The molecule has 0 atom stereocenters. The molecule has 0 bridgehead atoms. The molecule has 0 aromatic heterocycles. The predicted octanol–water partition coefficient (Wildman–Crippen LogP) is 2.49. The summed E-state index contributed by atoms with van der Waals surface area (Å²) in [7, 11) is 4.06. The third-order valence-corrected chi connectivity index (χ3v) is 3.24. The summed E-state index contributed by atoms with van der Waals surface area (Å²) in [6.07, 6.45) is 1.05. The van der Waals surface area contributed by atoms with Crippen molar-refractivity contribution in [3.63, 3.8) is 0 Å². The van der Waals surface area contributed by atoms with Crippen LogP contribution in [0.5, 0.6) is 5.75 Å². The van der Waals surface area contributed by atoms with Crippen LogP contribution in [-0.2, 0) is 19.1 Å². The van der Waals surface area contributed by atoms with Crippen LogP contribution in [0.3, 0.4) is 0 Å². The Labute approximate surface area is 133 Å². The van der Waals surface area contributed by atoms with Crippen molar-refractivity contribution in [2.45, 2.75) is 0 Å². The number of anilines is 1. The molecule has 0 saturated heterocycles. The molecular weight excluding hydrogens is 298 g/mol. The Morgan fingerprint density at radius 2 is 1.65 bits per heavy atom. The first kappa shape index (κ1) is 16.4. The SMILES string of the molecule is COC(=O)/C=C(/Nc1ccc(OC)c2ccccc12)C(=O)OC. The van der Waals surface area contributed by atoms with Crippen molar-refractivity contribution in [2.75, 3.05) is 26.6 Å². The third kappa shape index (κ3) is 3.60. The highest BCUT2D eigenvalue weighted by Gasteiger charge is 2.15. The van der Waals surface area contributed by atoms with Crippen molar-refractivity contribution in [1.29, 1.82) is 0 Å². The van der Waals surface area contributed by atoms with Gasteiger partial charge in [0.1, 0.15) is 11.4 Å². The van der Waals surface area contributed by atoms with E-state index in [1.807, 2.05) is 24.3 Å². The molecular formula is C17H17NO5. The summed E-state index contributed by atoms with van der Waals surface area (Å²) in [6, 6.07) is 11.1. The van der Waals surface area contributed by atoms with Crippen molar-refractivity contribution in [3.05, 3.63) is 48.2 Å². The zero-order chi connectivity index (χ0) is 16.8. The molecule has 6 heteroatoms. The van der Waals surface area contributed by atoms with E-state index in [2.05, 4.69) is 14.8 Å². The fourth-order valence-corrected chi connectivity index (χ4v) is 2.14. The molecule has 120 valence electrons. The van der Waals surface area contributed by atoms with Crippen LogP contribution in [0.2, 0.25) is 0 Å². The van der Waals surface area contributed by atoms with E-state index in [0.717, 1.165) is 16.8 Å². The lowest BCUT2D eigenvalue weighted by atomic mass is 10.1. The number of esters is 2. The lowest BCUT2D eigenvalue weighted by Gasteiger charge is -2.13. The van der Waals surface area contributed by atoms with Gasteiger partial charge in [-0.15, -0.1) is 0 Å². The minimum atomic E-state index is -0.671. The minimum absolute atomic E-state index is 0.0188. The first-order valence-electron chi connectivity index (χ1n) is 6.81. The predicted molar refractivity (Wildman–Crippen MR) is 86.2 cm³/mol. The second kappa shape index (κ2) is 7.31. The van der Waals surface area contributed by atoms with Gasteiger partial charge in [-0.25, -0.2) is 9.59 Å². The van der Waals surface area contributed by atoms with Crippen molar-refractivity contribution in [3.8, 4) is 5.75 Å². The molecule has 0 spiro atoms. The highest BCUT2D eigenvalue weighted by Crippen LogP contribution is 2.32. The van der Waals surface area contributed by atoms with Gasteiger partial charge in [-0.3, -0.25) is 0 Å². The number of benzene rings is 2. The van der Waals surface area contributed by atoms with Gasteiger partial charge in [0.25, 0.3) is 0 Å². The van der Waals surface area contributed by atoms with Crippen LogP contribution >= 0.6 is 0 Å². The van der Waals surface area contributed by atoms with Gasteiger partial charge in [0.05, 0.1) is 27.4 Å². The number of nitrogens with one attached hydrogen (secondary N) is 1. The summed E-state index contributed by atoms with van der Waals surface area (Å²) in [4.78, 5) is 23.3. The molecule has 0 saturated carbocycles. The topological polar surface area (TPSA) is 73.9 Å². The van der Waals surface area contributed by atoms with Crippen molar-refractivity contribution in [2.24, 2.45) is 0 Å². The maximum absolute atomic E-state index is 11.8. The van der Waals surface area contributed by atoms with Gasteiger partial charge in [-0.2, -0.15) is 0 Å². The van der Waals surface area contributed by atoms with E-state index in [1.54, 1.807) is 19.2 Å². The van der Waals surface area contributed by atoms with E-state index in [1.165, 1.54) is 14.2 Å². The summed E-state index contributed by atoms with van der Waals surface area (Å²) in [5, 5.41) is 4.64. The van der Waals surface area contributed by atoms with Gasteiger partial charge < -0.3 is 19.5 Å². The Balaban J connectivity index is 2.49. The van der Waals surface area contributed by atoms with Crippen LogP contribution < -0.4 is 10.1 Å². The van der Waals surface area contributed by atoms with Crippen LogP contribution in [-0.4, -0.2) is 33.3 Å². The normalized spacial score (nSPS) is 11.0. The van der Waals surface area contributed by atoms with Crippen LogP contribution in [0.1, 0.15) is 0 Å². The average molecular weight is 315 g/mol. The Morgan fingerprint density at radius 3 is 2.26 bits per heavy atom. The van der Waals surface area contributed by atoms with E-state index < -0.39 is 11.9 Å². The maximum atomic E-state index is 11.8. The summed E-state index contributed by atoms with van der Waals surface area (Å²) < 4.78 is 14.6. The van der Waals surface area contributed by atoms with E-state index >= 15 is 0 Å². The molecule has 2 aromatic rings. The fraction of sp³-hybridized carbons (Fsp3) is 0.176. The van der Waals surface area contributed by atoms with E-state index in [9.17, 15) is 9.59 Å². The quantitative estimate of drug-likeness (QED) is 0.675. The largest absolute Gasteiger partial charge is 0.496 e. The fourth-order valence-electron chi connectivity index (χ4n) is 2.14. The number of carbonyl (C=O) groups excluding carboxylic acids is 2. The number of rotatable bonds is 5. The molecule has 2 rings (SSSR count). The highest BCUT2D eigenvalue weighted by atomic mass is 16.5. The molecule has 1 N–H and O–H groups in total. The van der Waals surface area contributed by atoms with Gasteiger partial charge in [0.15, 0.2) is 0 Å². The summed E-state index contributed by atoms with van der Waals surface area (Å²) in [5.74, 6) is -0.617. The van der Waals surface area contributed by atoms with Crippen molar-refractivity contribution in [1.82, 2.24) is 0 Å². The molecule has 0 radical (unpaired) electrons. The number of carbonyl (C=O) groups is 2. The minimum Gasteiger partial charge on any atom is -0.496 e. The van der Waals surface area contributed by atoms with E-state index in [0.29, 0.717) is 11.4 Å². The van der Waals surface area contributed by atoms with Crippen LogP contribution in [0.25, 0.3) is 10.8 Å². The second-order valence-electron chi connectivity index (χ2n) is 4.56. The van der Waals surface area contributed by atoms with Gasteiger partial charge in [0.2, 0.25) is 0 Å². The third-order valence-electron chi connectivity index (χ3n) is 3.24. The Bertz CT molecular complexity index is 767. The molecule has 0 unspecified atom stereocenters. The van der Waals surface area contributed by atoms with Gasteiger partial charge >= 0.3 is 11.9 Å². The monoisotopic (exact) mass is 315 g/mol. The summed E-state index contributed by atoms with van der Waals surface area (Å²) >= 11 is 0. The van der Waals surface area contributed by atoms with Crippen LogP contribution in [0, 0.1) is 0 Å². The second-order valence-corrected chi connectivity index (χ2v) is 4.56. The number of hydrogen-bond donors (Lipinski definition) is 1. The summed E-state index contributed by atoms with van der Waals surface area (Å²) in [5.41, 5.74) is 0.622. The molecule has 0 amide bonds. The smallest absolute Gasteiger partial charge is 0.354 e. The lowest BCUT2D eigenvalue weighted by Crippen LogP contribution is -2.15. The zero-order valence-corrected chi connectivity index (χ0v) is 13.1. The number of hydrogen-bond acceptors (Lipinski definition) is 6. The highest BCUT2D eigenvalue weighted by molar-refractivity contribution is 6.03. The zero-order valence-electron chi connectivity index (χ0n) is 13.1. The van der Waals surface area contributed by atoms with Crippen LogP contribution in [0.4, 0.5) is 5.69 Å². The van der Waals surface area contributed by atoms with Crippen LogP contribution in [0.15, 0.2) is 48.2 Å². The molecule has 0 fully saturated rings. The van der Waals surface area contributed by atoms with Crippen molar-refractivity contribution < 1.29 is 23.8 Å².